The van der Waals surface area contributed by atoms with E-state index in [2.05, 4.69) is 85.7 Å². The van der Waals surface area contributed by atoms with Gasteiger partial charge in [0.25, 0.3) is 0 Å². The van der Waals surface area contributed by atoms with Crippen molar-refractivity contribution in [1.29, 1.82) is 0 Å². The summed E-state index contributed by atoms with van der Waals surface area (Å²) in [6.07, 6.45) is 1.93. The van der Waals surface area contributed by atoms with Gasteiger partial charge in [-0.15, -0.1) is 0 Å². The van der Waals surface area contributed by atoms with Crippen LogP contribution in [-0.4, -0.2) is 9.78 Å². The normalized spacial score (nSPS) is 14.6. The summed E-state index contributed by atoms with van der Waals surface area (Å²) in [6, 6.07) is 23.8. The van der Waals surface area contributed by atoms with Crippen molar-refractivity contribution >= 4 is 10.9 Å². The molecular formula is C22H18N2. The van der Waals surface area contributed by atoms with Gasteiger partial charge in [0.1, 0.15) is 0 Å². The molecule has 0 N–H and O–H groups in total. The van der Waals surface area contributed by atoms with Crippen molar-refractivity contribution < 1.29 is 0 Å². The molecule has 1 aliphatic rings. The van der Waals surface area contributed by atoms with E-state index < -0.39 is 0 Å². The Balaban J connectivity index is 1.75. The summed E-state index contributed by atoms with van der Waals surface area (Å²) in [5.41, 5.74) is 7.76. The molecule has 0 amide bonds. The van der Waals surface area contributed by atoms with E-state index in [0.717, 1.165) is 11.2 Å². The van der Waals surface area contributed by atoms with Crippen LogP contribution < -0.4 is 0 Å². The summed E-state index contributed by atoms with van der Waals surface area (Å²) < 4.78 is 2.04. The van der Waals surface area contributed by atoms with Crippen LogP contribution in [0.3, 0.4) is 0 Å². The highest BCUT2D eigenvalue weighted by Crippen LogP contribution is 2.48. The molecule has 5 rings (SSSR count). The zero-order chi connectivity index (χ0) is 16.3. The Kier molecular flexibility index (Phi) is 2.58. The molecule has 24 heavy (non-hydrogen) atoms. The summed E-state index contributed by atoms with van der Waals surface area (Å²) in [6.45, 7) is 4.62. The van der Waals surface area contributed by atoms with E-state index >= 15 is 0 Å². The number of aromatic nitrogens is 2. The maximum absolute atomic E-state index is 4.60. The minimum absolute atomic E-state index is 0.0187. The van der Waals surface area contributed by atoms with E-state index in [1.165, 1.54) is 27.6 Å². The fourth-order valence-corrected chi connectivity index (χ4v) is 4.00. The van der Waals surface area contributed by atoms with Crippen LogP contribution in [-0.2, 0) is 5.41 Å². The molecule has 0 saturated heterocycles. The van der Waals surface area contributed by atoms with Gasteiger partial charge in [0.15, 0.2) is 0 Å². The third kappa shape index (κ3) is 1.68. The Morgan fingerprint density at radius 1 is 0.792 bits per heavy atom. The lowest BCUT2D eigenvalue weighted by Gasteiger charge is -2.22. The lowest BCUT2D eigenvalue weighted by molar-refractivity contribution is 0.659. The van der Waals surface area contributed by atoms with Gasteiger partial charge in [0, 0.05) is 10.8 Å². The van der Waals surface area contributed by atoms with Crippen LogP contribution in [0.4, 0.5) is 0 Å². The van der Waals surface area contributed by atoms with Crippen molar-refractivity contribution in [2.75, 3.05) is 0 Å². The molecule has 0 fully saturated rings. The second kappa shape index (κ2) is 4.57. The first-order valence-corrected chi connectivity index (χ1v) is 8.34. The Morgan fingerprint density at radius 3 is 2.46 bits per heavy atom. The van der Waals surface area contributed by atoms with Gasteiger partial charge in [-0.3, -0.25) is 0 Å². The molecule has 0 radical (unpaired) electrons. The molecular weight excluding hydrogens is 292 g/mol. The van der Waals surface area contributed by atoms with Crippen LogP contribution >= 0.6 is 0 Å². The van der Waals surface area contributed by atoms with E-state index in [9.17, 15) is 0 Å². The second-order valence-corrected chi connectivity index (χ2v) is 7.02. The van der Waals surface area contributed by atoms with Crippen molar-refractivity contribution in [3.63, 3.8) is 0 Å². The Bertz CT molecular complexity index is 1090. The van der Waals surface area contributed by atoms with Crippen molar-refractivity contribution in [3.8, 4) is 16.8 Å². The largest absolute Gasteiger partial charge is 0.233 e. The molecule has 0 aliphatic heterocycles. The number of rotatable bonds is 1. The van der Waals surface area contributed by atoms with E-state index in [0.29, 0.717) is 0 Å². The minimum atomic E-state index is 0.0187. The smallest absolute Gasteiger partial charge is 0.0741 e. The van der Waals surface area contributed by atoms with Gasteiger partial charge < -0.3 is 0 Å². The highest BCUT2D eigenvalue weighted by atomic mass is 15.3. The third-order valence-electron chi connectivity index (χ3n) is 5.29. The number of para-hydroxylation sites is 1. The minimum Gasteiger partial charge on any atom is -0.233 e. The monoisotopic (exact) mass is 310 g/mol. The first kappa shape index (κ1) is 13.6. The standard InChI is InChI=1S/C22H18N2/c1-22(2)19-9-5-4-8-17(19)18-12-11-16(13-20(18)22)24-21-10-6-3-7-15(21)14-23-24/h3-14H,1-2H3. The van der Waals surface area contributed by atoms with Crippen molar-refractivity contribution in [2.24, 2.45) is 0 Å². The molecule has 1 aliphatic carbocycles. The van der Waals surface area contributed by atoms with Crippen molar-refractivity contribution in [2.45, 2.75) is 19.3 Å². The topological polar surface area (TPSA) is 17.8 Å². The second-order valence-electron chi connectivity index (χ2n) is 7.02. The highest BCUT2D eigenvalue weighted by molar-refractivity contribution is 5.83. The molecule has 2 nitrogen and oxygen atoms in total. The molecule has 2 heteroatoms. The number of hydrogen-bond donors (Lipinski definition) is 0. The molecule has 4 aromatic rings. The highest BCUT2D eigenvalue weighted by Gasteiger charge is 2.35. The fourth-order valence-electron chi connectivity index (χ4n) is 4.00. The number of benzene rings is 3. The molecule has 0 spiro atoms. The average Bonchev–Trinajstić information content (AvgIpc) is 3.13. The average molecular weight is 310 g/mol. The van der Waals surface area contributed by atoms with Gasteiger partial charge in [-0.1, -0.05) is 62.4 Å². The summed E-state index contributed by atoms with van der Waals surface area (Å²) in [5, 5.41) is 5.77. The van der Waals surface area contributed by atoms with Crippen LogP contribution in [0.25, 0.3) is 27.7 Å². The predicted octanol–water partition coefficient (Wildman–Crippen LogP) is 5.33. The van der Waals surface area contributed by atoms with Crippen LogP contribution in [0.15, 0.2) is 72.9 Å². The lowest BCUT2D eigenvalue weighted by atomic mass is 9.82. The van der Waals surface area contributed by atoms with Gasteiger partial charge >= 0.3 is 0 Å². The van der Waals surface area contributed by atoms with Gasteiger partial charge in [-0.25, -0.2) is 4.68 Å². The first-order valence-electron chi connectivity index (χ1n) is 8.34. The summed E-state index contributed by atoms with van der Waals surface area (Å²) in [4.78, 5) is 0. The van der Waals surface area contributed by atoms with Gasteiger partial charge in [-0.2, -0.15) is 5.10 Å². The quantitative estimate of drug-likeness (QED) is 0.464. The number of fused-ring (bicyclic) bond motifs is 4. The lowest BCUT2D eigenvalue weighted by Crippen LogP contribution is -2.15. The summed E-state index contributed by atoms with van der Waals surface area (Å²) in [7, 11) is 0. The number of nitrogens with zero attached hydrogens (tertiary/aromatic N) is 2. The van der Waals surface area contributed by atoms with Gasteiger partial charge in [0.2, 0.25) is 0 Å². The first-order chi connectivity index (χ1) is 11.7. The zero-order valence-electron chi connectivity index (χ0n) is 13.8. The van der Waals surface area contributed by atoms with Crippen LogP contribution in [0.1, 0.15) is 25.0 Å². The SMILES string of the molecule is CC1(C)c2ccccc2-c2ccc(-n3ncc4ccccc43)cc21. The molecule has 1 aromatic heterocycles. The molecule has 0 saturated carbocycles. The van der Waals surface area contributed by atoms with E-state index in [1.54, 1.807) is 0 Å². The Morgan fingerprint density at radius 2 is 1.54 bits per heavy atom. The van der Waals surface area contributed by atoms with Gasteiger partial charge in [-0.05, 0) is 40.5 Å². The molecule has 0 bridgehead atoms. The maximum atomic E-state index is 4.60. The molecule has 0 atom stereocenters. The van der Waals surface area contributed by atoms with E-state index in [1.807, 2.05) is 10.9 Å². The van der Waals surface area contributed by atoms with Gasteiger partial charge in [0.05, 0.1) is 17.4 Å². The summed E-state index contributed by atoms with van der Waals surface area (Å²) >= 11 is 0. The number of hydrogen-bond acceptors (Lipinski definition) is 1. The Hall–Kier alpha value is -2.87. The third-order valence-corrected chi connectivity index (χ3v) is 5.29. The molecule has 116 valence electrons. The van der Waals surface area contributed by atoms with Crippen LogP contribution in [0, 0.1) is 0 Å². The Labute approximate surface area is 141 Å². The van der Waals surface area contributed by atoms with Crippen molar-refractivity contribution in [1.82, 2.24) is 9.78 Å². The molecule has 1 heterocycles. The fraction of sp³-hybridized carbons (Fsp3) is 0.136. The van der Waals surface area contributed by atoms with Crippen molar-refractivity contribution in [3.05, 3.63) is 84.1 Å². The van der Waals surface area contributed by atoms with E-state index in [-0.39, 0.29) is 5.41 Å². The van der Waals surface area contributed by atoms with E-state index in [4.69, 9.17) is 0 Å². The van der Waals surface area contributed by atoms with Crippen LogP contribution in [0.2, 0.25) is 0 Å². The predicted molar refractivity (Wildman–Crippen MR) is 98.6 cm³/mol. The maximum Gasteiger partial charge on any atom is 0.0741 e. The van der Waals surface area contributed by atoms with Crippen LogP contribution in [0.5, 0.6) is 0 Å². The molecule has 0 unspecified atom stereocenters. The zero-order valence-corrected chi connectivity index (χ0v) is 13.8. The molecule has 3 aromatic carbocycles. The summed E-state index contributed by atoms with van der Waals surface area (Å²) in [5.74, 6) is 0.